The zero-order valence-corrected chi connectivity index (χ0v) is 23.0. The van der Waals surface area contributed by atoms with E-state index < -0.39 is 12.1 Å². The smallest absolute Gasteiger partial charge is 0.411 e. The van der Waals surface area contributed by atoms with Crippen molar-refractivity contribution in [1.82, 2.24) is 9.80 Å². The molecule has 8 heteroatoms. The van der Waals surface area contributed by atoms with Gasteiger partial charge < -0.3 is 19.6 Å². The maximum absolute atomic E-state index is 13.1. The van der Waals surface area contributed by atoms with Crippen molar-refractivity contribution in [3.8, 4) is 11.1 Å². The van der Waals surface area contributed by atoms with E-state index in [9.17, 15) is 14.4 Å². The van der Waals surface area contributed by atoms with Gasteiger partial charge in [-0.3, -0.25) is 14.9 Å². The fourth-order valence-corrected chi connectivity index (χ4v) is 6.72. The number of benzene rings is 3. The molecule has 2 heterocycles. The normalized spacial score (nSPS) is 21.8. The number of hydrogen-bond donors (Lipinski definition) is 2. The van der Waals surface area contributed by atoms with E-state index in [0.717, 1.165) is 66.8 Å². The third-order valence-corrected chi connectivity index (χ3v) is 8.69. The molecule has 0 spiro atoms. The highest BCUT2D eigenvalue weighted by Gasteiger charge is 2.42. The van der Waals surface area contributed by atoms with Crippen LogP contribution in [0, 0.1) is 11.8 Å². The Labute approximate surface area is 239 Å². The molecule has 2 N–H and O–H groups in total. The van der Waals surface area contributed by atoms with Crippen molar-refractivity contribution < 1.29 is 24.2 Å². The average molecular weight is 554 g/mol. The van der Waals surface area contributed by atoms with Gasteiger partial charge in [-0.2, -0.15) is 0 Å². The lowest BCUT2D eigenvalue weighted by atomic mass is 9.95. The van der Waals surface area contributed by atoms with E-state index in [0.29, 0.717) is 30.5 Å². The molecule has 6 rings (SSSR count). The molecule has 212 valence electrons. The second kappa shape index (κ2) is 11.7. The number of amides is 2. The van der Waals surface area contributed by atoms with E-state index in [-0.39, 0.29) is 18.4 Å². The second-order valence-corrected chi connectivity index (χ2v) is 11.4. The fourth-order valence-electron chi connectivity index (χ4n) is 6.72. The number of anilines is 1. The van der Waals surface area contributed by atoms with Gasteiger partial charge in [-0.15, -0.1) is 0 Å². The molecule has 1 saturated heterocycles. The number of nitrogens with zero attached hydrogens (tertiary/aromatic N) is 2. The van der Waals surface area contributed by atoms with Gasteiger partial charge in [-0.25, -0.2) is 4.79 Å². The first-order valence-corrected chi connectivity index (χ1v) is 14.4. The molecule has 3 aliphatic rings. The van der Waals surface area contributed by atoms with Crippen molar-refractivity contribution in [2.45, 2.75) is 31.8 Å². The largest absolute Gasteiger partial charge is 0.481 e. The van der Waals surface area contributed by atoms with E-state index in [1.54, 1.807) is 12.1 Å². The average Bonchev–Trinajstić information content (AvgIpc) is 3.51. The third-order valence-electron chi connectivity index (χ3n) is 8.69. The summed E-state index contributed by atoms with van der Waals surface area (Å²) in [5.41, 5.74) is 5.11. The van der Waals surface area contributed by atoms with Crippen LogP contribution in [-0.2, 0) is 22.4 Å². The molecule has 41 heavy (non-hydrogen) atoms. The number of carboxylic acids is 1. The monoisotopic (exact) mass is 553 g/mol. The Morgan fingerprint density at radius 2 is 1.63 bits per heavy atom. The van der Waals surface area contributed by atoms with Crippen LogP contribution in [0.4, 0.5) is 10.5 Å². The number of rotatable bonds is 8. The zero-order valence-electron chi connectivity index (χ0n) is 23.0. The highest BCUT2D eigenvalue weighted by molar-refractivity contribution is 5.97. The van der Waals surface area contributed by atoms with Crippen molar-refractivity contribution in [3.05, 3.63) is 89.5 Å². The minimum Gasteiger partial charge on any atom is -0.481 e. The molecule has 2 amide bonds. The minimum absolute atomic E-state index is 0.0265. The molecular weight excluding hydrogens is 518 g/mol. The van der Waals surface area contributed by atoms with Gasteiger partial charge in [0.1, 0.15) is 6.10 Å². The number of ether oxygens (including phenoxy) is 1. The fraction of sp³-hybridized carbons (Fsp3) is 0.364. The lowest BCUT2D eigenvalue weighted by Crippen LogP contribution is -2.42. The zero-order chi connectivity index (χ0) is 28.3. The van der Waals surface area contributed by atoms with E-state index in [4.69, 9.17) is 9.84 Å². The van der Waals surface area contributed by atoms with Crippen LogP contribution in [0.15, 0.2) is 72.8 Å². The Hall–Kier alpha value is -4.17. The summed E-state index contributed by atoms with van der Waals surface area (Å²) in [6, 6.07) is 23.1. The predicted molar refractivity (Wildman–Crippen MR) is 156 cm³/mol. The summed E-state index contributed by atoms with van der Waals surface area (Å²) in [7, 11) is 0. The Morgan fingerprint density at radius 1 is 0.902 bits per heavy atom. The quantitative estimate of drug-likeness (QED) is 0.410. The first kappa shape index (κ1) is 27.0. The van der Waals surface area contributed by atoms with Crippen molar-refractivity contribution in [3.63, 3.8) is 0 Å². The molecule has 3 aromatic carbocycles. The Bertz CT molecular complexity index is 1430. The van der Waals surface area contributed by atoms with Crippen LogP contribution >= 0.6 is 0 Å². The lowest BCUT2D eigenvalue weighted by molar-refractivity contribution is -0.136. The minimum atomic E-state index is -0.866. The van der Waals surface area contributed by atoms with Crippen LogP contribution in [0.5, 0.6) is 0 Å². The predicted octanol–water partition coefficient (Wildman–Crippen LogP) is 4.94. The van der Waals surface area contributed by atoms with Gasteiger partial charge in [-0.1, -0.05) is 60.7 Å². The number of carboxylic acid groups (broad SMARTS) is 1. The number of hydrogen-bond acceptors (Lipinski definition) is 5. The maximum atomic E-state index is 13.1. The van der Waals surface area contributed by atoms with Gasteiger partial charge >= 0.3 is 12.1 Å². The van der Waals surface area contributed by atoms with Gasteiger partial charge in [0.15, 0.2) is 0 Å². The van der Waals surface area contributed by atoms with E-state index in [1.165, 1.54) is 0 Å². The van der Waals surface area contributed by atoms with Gasteiger partial charge in [0, 0.05) is 43.9 Å². The molecule has 0 radical (unpaired) electrons. The summed E-state index contributed by atoms with van der Waals surface area (Å²) in [6.07, 6.45) is 1.96. The first-order valence-electron chi connectivity index (χ1n) is 14.4. The second-order valence-electron chi connectivity index (χ2n) is 11.4. The van der Waals surface area contributed by atoms with Crippen molar-refractivity contribution in [1.29, 1.82) is 0 Å². The number of carbonyl (C=O) groups is 3. The van der Waals surface area contributed by atoms with Gasteiger partial charge in [0.2, 0.25) is 0 Å². The Morgan fingerprint density at radius 3 is 2.39 bits per heavy atom. The molecule has 1 aliphatic carbocycles. The molecule has 0 bridgehead atoms. The van der Waals surface area contributed by atoms with Crippen molar-refractivity contribution in [2.75, 3.05) is 38.0 Å². The van der Waals surface area contributed by atoms with Crippen LogP contribution in [-0.4, -0.2) is 71.7 Å². The summed E-state index contributed by atoms with van der Waals surface area (Å²) in [5.74, 6) is 0.153. The molecule has 3 atom stereocenters. The number of fused-ring (bicyclic) bond motifs is 2. The maximum Gasteiger partial charge on any atom is 0.411 e. The number of likely N-dealkylation sites (tertiary alicyclic amines) is 1. The highest BCUT2D eigenvalue weighted by Crippen LogP contribution is 2.39. The van der Waals surface area contributed by atoms with Gasteiger partial charge in [0.05, 0.1) is 12.1 Å². The number of aliphatic carboxylic acids is 1. The van der Waals surface area contributed by atoms with Crippen LogP contribution in [0.3, 0.4) is 0 Å². The van der Waals surface area contributed by atoms with E-state index >= 15 is 0 Å². The SMILES string of the molecule is O=C(O)Cc1ccc2c(c1)CCN(CCN1C[C@H]3CC(OC(=O)Nc4ccccc4-c4ccccc4)C[C@H]3C1)C2=O. The standard InChI is InChI=1S/C33H35N3O5/c37-31(38)17-22-10-11-29-24(16-22)12-13-36(32(29)39)15-14-35-20-25-18-27(19-26(25)21-35)41-33(40)34-30-9-5-4-8-28(30)23-6-2-1-3-7-23/h1-11,16,25-27H,12-15,17-21H2,(H,34,40)(H,37,38)/t25-,26+,27?. The molecule has 1 saturated carbocycles. The molecule has 0 aromatic heterocycles. The van der Waals surface area contributed by atoms with Gasteiger partial charge in [0.25, 0.3) is 5.91 Å². The van der Waals surface area contributed by atoms with Crippen molar-refractivity contribution >= 4 is 23.7 Å². The van der Waals surface area contributed by atoms with E-state index in [2.05, 4.69) is 10.2 Å². The van der Waals surface area contributed by atoms with Crippen LogP contribution in [0.1, 0.15) is 34.3 Å². The molecule has 2 aliphatic heterocycles. The van der Waals surface area contributed by atoms with Crippen molar-refractivity contribution in [2.24, 2.45) is 11.8 Å². The van der Waals surface area contributed by atoms with Crippen LogP contribution < -0.4 is 5.32 Å². The molecule has 1 unspecified atom stereocenters. The Kier molecular flexibility index (Phi) is 7.74. The Balaban J connectivity index is 0.966. The molecule has 3 aromatic rings. The lowest BCUT2D eigenvalue weighted by Gasteiger charge is -2.30. The molecule has 2 fully saturated rings. The van der Waals surface area contributed by atoms with Gasteiger partial charge in [-0.05, 0) is 59.9 Å². The number of carbonyl (C=O) groups excluding carboxylic acids is 2. The van der Waals surface area contributed by atoms with Crippen LogP contribution in [0.25, 0.3) is 11.1 Å². The summed E-state index contributed by atoms with van der Waals surface area (Å²) in [5, 5.41) is 12.0. The molecule has 8 nitrogen and oxygen atoms in total. The number of para-hydroxylation sites is 1. The third kappa shape index (κ3) is 6.12. The topological polar surface area (TPSA) is 99.2 Å². The summed E-state index contributed by atoms with van der Waals surface area (Å²) >= 11 is 0. The first-order chi connectivity index (χ1) is 19.9. The van der Waals surface area contributed by atoms with E-state index in [1.807, 2.05) is 65.6 Å². The highest BCUT2D eigenvalue weighted by atomic mass is 16.6. The summed E-state index contributed by atoms with van der Waals surface area (Å²) in [4.78, 5) is 41.2. The van der Waals surface area contributed by atoms with Crippen LogP contribution in [0.2, 0.25) is 0 Å². The number of nitrogens with one attached hydrogen (secondary N) is 1. The summed E-state index contributed by atoms with van der Waals surface area (Å²) < 4.78 is 5.86. The molecular formula is C33H35N3O5. The summed E-state index contributed by atoms with van der Waals surface area (Å²) in [6.45, 7) is 4.08.